The van der Waals surface area contributed by atoms with Gasteiger partial charge in [-0.1, -0.05) is 26.0 Å². The van der Waals surface area contributed by atoms with E-state index >= 15 is 0 Å². The Bertz CT molecular complexity index is 783. The Hall–Kier alpha value is -2.57. The van der Waals surface area contributed by atoms with E-state index in [9.17, 15) is 14.4 Å². The molecule has 0 aliphatic carbocycles. The van der Waals surface area contributed by atoms with Crippen molar-refractivity contribution in [1.82, 2.24) is 10.6 Å². The molecule has 0 spiro atoms. The number of benzene rings is 1. The molecule has 7 nitrogen and oxygen atoms in total. The number of hydrogen-bond acceptors (Lipinski definition) is 5. The van der Waals surface area contributed by atoms with Gasteiger partial charge in [0.1, 0.15) is 17.4 Å². The van der Waals surface area contributed by atoms with Crippen molar-refractivity contribution >= 4 is 17.8 Å². The van der Waals surface area contributed by atoms with Crippen LogP contribution in [0.1, 0.15) is 59.4 Å². The third-order valence-corrected chi connectivity index (χ3v) is 5.43. The predicted molar refractivity (Wildman–Crippen MR) is 123 cm³/mol. The average Bonchev–Trinajstić information content (AvgIpc) is 2.70. The zero-order valence-electron chi connectivity index (χ0n) is 20.2. The van der Waals surface area contributed by atoms with Gasteiger partial charge < -0.3 is 20.1 Å². The van der Waals surface area contributed by atoms with Crippen LogP contribution in [0.2, 0.25) is 0 Å². The van der Waals surface area contributed by atoms with Gasteiger partial charge >= 0.3 is 5.97 Å². The zero-order chi connectivity index (χ0) is 23.9. The number of hydrogen-bond donors (Lipinski definition) is 2. The number of nitrogens with one attached hydrogen (secondary N) is 2. The fraction of sp³-hybridized carbons (Fsp3) is 0.640. The van der Waals surface area contributed by atoms with Gasteiger partial charge in [-0.3, -0.25) is 14.4 Å². The molecular formula is C25H38N2O5. The maximum absolute atomic E-state index is 13.5. The van der Waals surface area contributed by atoms with Crippen LogP contribution < -0.4 is 15.4 Å². The Morgan fingerprint density at radius 3 is 2.44 bits per heavy atom. The Morgan fingerprint density at radius 2 is 1.88 bits per heavy atom. The molecular weight excluding hydrogens is 408 g/mol. The van der Waals surface area contributed by atoms with Crippen LogP contribution >= 0.6 is 0 Å². The SMILES string of the molecule is CNC(=O)[C@@H]1Cc2ccc(cc2)OCCC[C@H](C(=O)OC(C)(C)C)[C@@H](CC(C)C)C(=O)N1. The molecule has 1 aromatic rings. The van der Waals surface area contributed by atoms with Gasteiger partial charge in [0.05, 0.1) is 18.4 Å². The molecule has 0 aromatic heterocycles. The molecule has 2 heterocycles. The number of amides is 2. The van der Waals surface area contributed by atoms with Crippen LogP contribution in [0.5, 0.6) is 5.75 Å². The first-order chi connectivity index (χ1) is 15.0. The summed E-state index contributed by atoms with van der Waals surface area (Å²) >= 11 is 0. The smallest absolute Gasteiger partial charge is 0.310 e. The molecule has 0 saturated carbocycles. The van der Waals surface area contributed by atoms with E-state index in [2.05, 4.69) is 10.6 Å². The second kappa shape index (κ2) is 11.3. The molecule has 2 aliphatic rings. The fourth-order valence-electron chi connectivity index (χ4n) is 3.94. The Kier molecular flexibility index (Phi) is 9.10. The van der Waals surface area contributed by atoms with Gasteiger partial charge in [-0.25, -0.2) is 0 Å². The monoisotopic (exact) mass is 446 g/mol. The molecule has 2 N–H and O–H groups in total. The topological polar surface area (TPSA) is 93.7 Å². The maximum Gasteiger partial charge on any atom is 0.310 e. The highest BCUT2D eigenvalue weighted by Gasteiger charge is 2.38. The summed E-state index contributed by atoms with van der Waals surface area (Å²) in [6.45, 7) is 9.93. The lowest BCUT2D eigenvalue weighted by atomic mass is 9.81. The van der Waals surface area contributed by atoms with Gasteiger partial charge in [-0.15, -0.1) is 0 Å². The number of esters is 1. The van der Waals surface area contributed by atoms with Gasteiger partial charge in [0.2, 0.25) is 11.8 Å². The van der Waals surface area contributed by atoms with Crippen LogP contribution in [0.3, 0.4) is 0 Å². The van der Waals surface area contributed by atoms with E-state index in [0.29, 0.717) is 32.3 Å². The molecule has 2 aliphatic heterocycles. The van der Waals surface area contributed by atoms with E-state index in [4.69, 9.17) is 9.47 Å². The molecule has 0 unspecified atom stereocenters. The van der Waals surface area contributed by atoms with Gasteiger partial charge in [-0.05, 0) is 63.6 Å². The highest BCUT2D eigenvalue weighted by molar-refractivity contribution is 5.90. The number of carbonyl (C=O) groups is 3. The summed E-state index contributed by atoms with van der Waals surface area (Å²) < 4.78 is 11.5. The van der Waals surface area contributed by atoms with Crippen LogP contribution in [0.4, 0.5) is 0 Å². The first kappa shape index (κ1) is 25.7. The van der Waals surface area contributed by atoms with Crippen molar-refractivity contribution in [3.8, 4) is 5.75 Å². The largest absolute Gasteiger partial charge is 0.494 e. The summed E-state index contributed by atoms with van der Waals surface area (Å²) in [5, 5.41) is 5.55. The van der Waals surface area contributed by atoms with Crippen molar-refractivity contribution in [2.45, 2.75) is 71.9 Å². The summed E-state index contributed by atoms with van der Waals surface area (Å²) in [7, 11) is 1.55. The summed E-state index contributed by atoms with van der Waals surface area (Å²) in [5.41, 5.74) is 0.254. The molecule has 0 saturated heterocycles. The highest BCUT2D eigenvalue weighted by Crippen LogP contribution is 2.29. The lowest BCUT2D eigenvalue weighted by Crippen LogP contribution is -2.51. The molecule has 3 atom stereocenters. The third kappa shape index (κ3) is 7.84. The second-order valence-corrected chi connectivity index (χ2v) is 9.89. The van der Waals surface area contributed by atoms with Crippen molar-refractivity contribution in [2.24, 2.45) is 17.8 Å². The standard InChI is InChI=1S/C25H38N2O5/c1-16(2)14-20-19(24(30)32-25(3,4)5)8-7-13-31-18-11-9-17(10-12-18)15-21(23(29)26-6)27-22(20)28/h9-12,16,19-21H,7-8,13-15H2,1-6H3,(H,26,29)(H,27,28)/t19-,20+,21-/m0/s1. The van der Waals surface area contributed by atoms with E-state index in [1.165, 1.54) is 0 Å². The summed E-state index contributed by atoms with van der Waals surface area (Å²) in [5.74, 6) is -1.24. The van der Waals surface area contributed by atoms with Crippen LogP contribution in [0.15, 0.2) is 24.3 Å². The average molecular weight is 447 g/mol. The molecule has 0 radical (unpaired) electrons. The third-order valence-electron chi connectivity index (χ3n) is 5.43. The number of likely N-dealkylation sites (N-methyl/N-ethyl adjacent to an activating group) is 1. The van der Waals surface area contributed by atoms with E-state index in [1.807, 2.05) is 58.9 Å². The van der Waals surface area contributed by atoms with Crippen LogP contribution in [0.25, 0.3) is 0 Å². The highest BCUT2D eigenvalue weighted by atomic mass is 16.6. The fourth-order valence-corrected chi connectivity index (χ4v) is 3.94. The van der Waals surface area contributed by atoms with Gasteiger partial charge in [0, 0.05) is 13.5 Å². The van der Waals surface area contributed by atoms with Crippen molar-refractivity contribution < 1.29 is 23.9 Å². The predicted octanol–water partition coefficient (Wildman–Crippen LogP) is 3.25. The van der Waals surface area contributed by atoms with Crippen LogP contribution in [0, 0.1) is 17.8 Å². The normalized spacial score (nSPS) is 22.5. The van der Waals surface area contributed by atoms with Crippen LogP contribution in [-0.2, 0) is 25.5 Å². The molecule has 178 valence electrons. The molecule has 32 heavy (non-hydrogen) atoms. The van der Waals surface area contributed by atoms with Gasteiger partial charge in [0.15, 0.2) is 0 Å². The minimum atomic E-state index is -0.740. The van der Waals surface area contributed by atoms with Gasteiger partial charge in [-0.2, -0.15) is 0 Å². The van der Waals surface area contributed by atoms with Crippen LogP contribution in [-0.4, -0.2) is 43.1 Å². The molecule has 2 bridgehead atoms. The summed E-state index contributed by atoms with van der Waals surface area (Å²) in [6.07, 6.45) is 1.93. The first-order valence-corrected chi connectivity index (χ1v) is 11.5. The van der Waals surface area contributed by atoms with E-state index in [1.54, 1.807) is 7.05 Å². The number of ether oxygens (including phenoxy) is 2. The molecule has 0 fully saturated rings. The van der Waals surface area contributed by atoms with E-state index < -0.39 is 23.5 Å². The summed E-state index contributed by atoms with van der Waals surface area (Å²) in [6, 6.07) is 6.78. The van der Waals surface area contributed by atoms with Crippen molar-refractivity contribution in [2.75, 3.05) is 13.7 Å². The van der Waals surface area contributed by atoms with Crippen molar-refractivity contribution in [1.29, 1.82) is 0 Å². The maximum atomic E-state index is 13.5. The van der Waals surface area contributed by atoms with E-state index in [0.717, 1.165) is 11.3 Å². The van der Waals surface area contributed by atoms with Crippen molar-refractivity contribution in [3.05, 3.63) is 29.8 Å². The zero-order valence-corrected chi connectivity index (χ0v) is 20.2. The lowest BCUT2D eigenvalue weighted by Gasteiger charge is -2.31. The Morgan fingerprint density at radius 1 is 1.22 bits per heavy atom. The first-order valence-electron chi connectivity index (χ1n) is 11.5. The number of rotatable bonds is 4. The minimum absolute atomic E-state index is 0.191. The quantitative estimate of drug-likeness (QED) is 0.693. The molecule has 2 amide bonds. The van der Waals surface area contributed by atoms with Crippen molar-refractivity contribution in [3.63, 3.8) is 0 Å². The Balaban J connectivity index is 2.41. The molecule has 1 aromatic carbocycles. The number of fused-ring (bicyclic) bond motifs is 11. The number of carbonyl (C=O) groups excluding carboxylic acids is 3. The molecule has 7 heteroatoms. The van der Waals surface area contributed by atoms with Gasteiger partial charge in [0.25, 0.3) is 0 Å². The summed E-state index contributed by atoms with van der Waals surface area (Å²) in [4.78, 5) is 39.1. The molecule has 3 rings (SSSR count). The second-order valence-electron chi connectivity index (χ2n) is 9.89. The van der Waals surface area contributed by atoms with E-state index in [-0.39, 0.29) is 23.7 Å². The minimum Gasteiger partial charge on any atom is -0.494 e. The Labute approximate surface area is 191 Å². The lowest BCUT2D eigenvalue weighted by molar-refractivity contribution is -0.164.